The number of urea groups is 1. The van der Waals surface area contributed by atoms with Crippen molar-refractivity contribution >= 4 is 39.4 Å². The van der Waals surface area contributed by atoms with E-state index in [2.05, 4.69) is 29.5 Å². The van der Waals surface area contributed by atoms with E-state index in [1.165, 1.54) is 17.8 Å². The second kappa shape index (κ2) is 13.2. The van der Waals surface area contributed by atoms with Crippen molar-refractivity contribution in [3.8, 4) is 11.1 Å². The van der Waals surface area contributed by atoms with Crippen molar-refractivity contribution < 1.29 is 32.5 Å². The molecule has 11 nitrogen and oxygen atoms in total. The molecular formula is C28H32N4O7S. The van der Waals surface area contributed by atoms with Crippen LogP contribution in [0, 0.1) is 0 Å². The summed E-state index contributed by atoms with van der Waals surface area (Å²) in [6.45, 7) is 4.75. The molecule has 1 aliphatic heterocycles. The Labute approximate surface area is 233 Å². The van der Waals surface area contributed by atoms with E-state index >= 15 is 0 Å². The summed E-state index contributed by atoms with van der Waals surface area (Å²) < 4.78 is 25.9. The lowest BCUT2D eigenvalue weighted by molar-refractivity contribution is -0.119. The topological polar surface area (TPSA) is 166 Å². The zero-order chi connectivity index (χ0) is 29.4. The first kappa shape index (κ1) is 30.3. The van der Waals surface area contributed by atoms with E-state index in [0.29, 0.717) is 36.5 Å². The van der Waals surface area contributed by atoms with Gasteiger partial charge < -0.3 is 20.6 Å². The lowest BCUT2D eigenvalue weighted by atomic mass is 10.0. The quantitative estimate of drug-likeness (QED) is 0.310. The van der Waals surface area contributed by atoms with Gasteiger partial charge in [0.25, 0.3) is 10.1 Å². The molecular weight excluding hydrogens is 536 g/mol. The summed E-state index contributed by atoms with van der Waals surface area (Å²) in [4.78, 5) is 42.3. The highest BCUT2D eigenvalue weighted by molar-refractivity contribution is 7.85. The van der Waals surface area contributed by atoms with Crippen LogP contribution in [0.15, 0.2) is 66.9 Å². The highest BCUT2D eigenvalue weighted by atomic mass is 32.2. The van der Waals surface area contributed by atoms with E-state index in [0.717, 1.165) is 17.5 Å². The molecule has 12 heteroatoms. The molecule has 1 aliphatic rings. The number of aromatic nitrogens is 1. The summed E-state index contributed by atoms with van der Waals surface area (Å²) in [5.41, 5.74) is 4.11. The Morgan fingerprint density at radius 2 is 1.48 bits per heavy atom. The summed E-state index contributed by atoms with van der Waals surface area (Å²) in [7, 11) is -3.67. The smallest absolute Gasteiger partial charge is 0.354 e. The number of aromatic carboxylic acids is 1. The van der Waals surface area contributed by atoms with Crippen molar-refractivity contribution in [2.24, 2.45) is 0 Å². The maximum Gasteiger partial charge on any atom is 0.354 e. The first-order chi connectivity index (χ1) is 18.8. The van der Waals surface area contributed by atoms with Crippen LogP contribution in [-0.4, -0.2) is 64.7 Å². The number of benzene rings is 2. The maximum atomic E-state index is 13.0. The second-order valence-electron chi connectivity index (χ2n) is 9.60. The van der Waals surface area contributed by atoms with Crippen molar-refractivity contribution in [3.05, 3.63) is 78.1 Å². The molecule has 1 saturated heterocycles. The van der Waals surface area contributed by atoms with Crippen LogP contribution in [0.25, 0.3) is 11.1 Å². The first-order valence-corrected chi connectivity index (χ1v) is 14.4. The summed E-state index contributed by atoms with van der Waals surface area (Å²) in [5.74, 6) is -0.893. The molecule has 1 aromatic heterocycles. The van der Waals surface area contributed by atoms with Crippen molar-refractivity contribution in [2.75, 3.05) is 23.4 Å². The Morgan fingerprint density at radius 3 is 2.00 bits per heavy atom. The molecule has 2 aromatic carbocycles. The summed E-state index contributed by atoms with van der Waals surface area (Å²) >= 11 is 0. The van der Waals surface area contributed by atoms with Gasteiger partial charge in [0.2, 0.25) is 5.91 Å². The molecule has 0 aliphatic carbocycles. The number of hydrogen-bond donors (Lipinski definition) is 4. The van der Waals surface area contributed by atoms with E-state index in [4.69, 9.17) is 9.66 Å². The van der Waals surface area contributed by atoms with Crippen LogP contribution in [0.2, 0.25) is 0 Å². The molecule has 0 radical (unpaired) electrons. The lowest BCUT2D eigenvalue weighted by Crippen LogP contribution is -2.45. The van der Waals surface area contributed by atoms with Crippen LogP contribution < -0.4 is 10.6 Å². The van der Waals surface area contributed by atoms with E-state index in [1.54, 1.807) is 23.1 Å². The average Bonchev–Trinajstić information content (AvgIpc) is 3.39. The maximum absolute atomic E-state index is 13.0. The number of carbonyl (C=O) groups excluding carboxylic acids is 2. The minimum atomic E-state index is -3.67. The van der Waals surface area contributed by atoms with Crippen molar-refractivity contribution in [3.63, 3.8) is 0 Å². The molecule has 40 heavy (non-hydrogen) atoms. The predicted molar refractivity (Wildman–Crippen MR) is 152 cm³/mol. The number of amides is 3. The van der Waals surface area contributed by atoms with Crippen LogP contribution >= 0.6 is 0 Å². The molecule has 0 bridgehead atoms. The summed E-state index contributed by atoms with van der Waals surface area (Å²) in [6, 6.07) is 17.3. The normalized spacial score (nSPS) is 14.7. The van der Waals surface area contributed by atoms with Crippen LogP contribution in [0.4, 0.5) is 16.2 Å². The van der Waals surface area contributed by atoms with Gasteiger partial charge in [0.05, 0.1) is 6.26 Å². The van der Waals surface area contributed by atoms with E-state index in [1.807, 2.05) is 36.4 Å². The second-order valence-corrected chi connectivity index (χ2v) is 11.1. The fraction of sp³-hybridized carbons (Fsp3) is 0.286. The van der Waals surface area contributed by atoms with Crippen LogP contribution in [-0.2, 0) is 14.9 Å². The first-order valence-electron chi connectivity index (χ1n) is 12.5. The van der Waals surface area contributed by atoms with E-state index in [-0.39, 0.29) is 17.6 Å². The molecule has 3 amide bonds. The average molecular weight is 569 g/mol. The molecule has 0 unspecified atom stereocenters. The van der Waals surface area contributed by atoms with Gasteiger partial charge in [-0.05, 0) is 60.2 Å². The number of anilines is 2. The SMILES string of the molecule is CC(C)c1ccc(NC(=O)N2CCC[C@@H]2C(=O)Nc2ccc(-c3ccc(C(=O)O)nc3)cc2)cc1.CS(=O)(=O)O. The number of carbonyl (C=O) groups is 3. The molecule has 1 atom stereocenters. The Balaban J connectivity index is 0.000000810. The monoisotopic (exact) mass is 568 g/mol. The summed E-state index contributed by atoms with van der Waals surface area (Å²) in [6.07, 6.45) is 3.58. The van der Waals surface area contributed by atoms with Crippen LogP contribution in [0.3, 0.4) is 0 Å². The molecule has 0 spiro atoms. The number of nitrogens with one attached hydrogen (secondary N) is 2. The van der Waals surface area contributed by atoms with Crippen molar-refractivity contribution in [1.29, 1.82) is 0 Å². The Kier molecular flexibility index (Phi) is 9.97. The largest absolute Gasteiger partial charge is 0.477 e. The fourth-order valence-corrected chi connectivity index (χ4v) is 4.09. The molecule has 4 N–H and O–H groups in total. The van der Waals surface area contributed by atoms with Gasteiger partial charge in [-0.25, -0.2) is 14.6 Å². The van der Waals surface area contributed by atoms with Gasteiger partial charge in [0.15, 0.2) is 0 Å². The Hall–Kier alpha value is -4.29. The molecule has 4 rings (SSSR count). The van der Waals surface area contributed by atoms with Gasteiger partial charge in [0.1, 0.15) is 11.7 Å². The highest BCUT2D eigenvalue weighted by Gasteiger charge is 2.34. The number of nitrogens with zero attached hydrogens (tertiary/aromatic N) is 2. The van der Waals surface area contributed by atoms with Crippen molar-refractivity contribution in [1.82, 2.24) is 9.88 Å². The number of carboxylic acids is 1. The molecule has 3 aromatic rings. The fourth-order valence-electron chi connectivity index (χ4n) is 4.09. The van der Waals surface area contributed by atoms with E-state index in [9.17, 15) is 22.8 Å². The van der Waals surface area contributed by atoms with Gasteiger partial charge >= 0.3 is 12.0 Å². The van der Waals surface area contributed by atoms with Crippen molar-refractivity contribution in [2.45, 2.75) is 38.6 Å². The number of rotatable bonds is 6. The number of likely N-dealkylation sites (tertiary alicyclic amines) is 1. The summed E-state index contributed by atoms with van der Waals surface area (Å²) in [5, 5.41) is 14.8. The molecule has 2 heterocycles. The third-order valence-corrected chi connectivity index (χ3v) is 6.11. The predicted octanol–water partition coefficient (Wildman–Crippen LogP) is 4.71. The van der Waals surface area contributed by atoms with Gasteiger partial charge in [-0.15, -0.1) is 0 Å². The molecule has 212 valence electrons. The van der Waals surface area contributed by atoms with E-state index < -0.39 is 22.1 Å². The van der Waals surface area contributed by atoms with Crippen LogP contribution in [0.1, 0.15) is 48.7 Å². The Morgan fingerprint density at radius 1 is 0.925 bits per heavy atom. The molecule has 1 fully saturated rings. The number of hydrogen-bond acceptors (Lipinski definition) is 6. The highest BCUT2D eigenvalue weighted by Crippen LogP contribution is 2.24. The standard InChI is InChI=1S/C27H28N4O4.CH4O3S/c1-17(2)18-5-10-22(11-6-18)30-27(35)31-15-3-4-24(31)25(32)29-21-12-7-19(8-13-21)20-9-14-23(26(33)34)28-16-20;1-5(2,3)4/h5-14,16-17,24H,3-4,15H2,1-2H3,(H,29,32)(H,30,35)(H,33,34);1H3,(H,2,3,4)/t24-;/m1./s1. The van der Waals surface area contributed by atoms with Crippen LogP contribution in [0.5, 0.6) is 0 Å². The zero-order valence-electron chi connectivity index (χ0n) is 22.4. The van der Waals surface area contributed by atoms with Gasteiger partial charge in [-0.3, -0.25) is 9.35 Å². The molecule has 0 saturated carbocycles. The van der Waals surface area contributed by atoms with Gasteiger partial charge in [0, 0.05) is 29.7 Å². The number of carboxylic acid groups (broad SMARTS) is 1. The minimum absolute atomic E-state index is 0.0182. The van der Waals surface area contributed by atoms with Gasteiger partial charge in [-0.1, -0.05) is 44.2 Å². The zero-order valence-corrected chi connectivity index (χ0v) is 23.2. The number of pyridine rings is 1. The lowest BCUT2D eigenvalue weighted by Gasteiger charge is -2.24. The Bertz CT molecular complexity index is 1430. The third kappa shape index (κ3) is 8.89. The minimum Gasteiger partial charge on any atom is -0.477 e. The van der Waals surface area contributed by atoms with Gasteiger partial charge in [-0.2, -0.15) is 8.42 Å². The third-order valence-electron chi connectivity index (χ3n) is 6.11.